The zero-order valence-corrected chi connectivity index (χ0v) is 7.85. The van der Waals surface area contributed by atoms with Crippen LogP contribution in [0.5, 0.6) is 0 Å². The van der Waals surface area contributed by atoms with Crippen molar-refractivity contribution < 1.29 is 14.3 Å². The summed E-state index contributed by atoms with van der Waals surface area (Å²) in [5, 5.41) is 10.7. The van der Waals surface area contributed by atoms with E-state index in [2.05, 4.69) is 5.32 Å². The normalized spacial score (nSPS) is 10.5. The van der Waals surface area contributed by atoms with Gasteiger partial charge in [-0.05, 0) is 18.2 Å². The number of aryl methyl sites for hydroxylation is 1. The van der Waals surface area contributed by atoms with Crippen LogP contribution < -0.4 is 11.1 Å². The van der Waals surface area contributed by atoms with E-state index in [-0.39, 0.29) is 0 Å². The number of anilines is 1. The molecule has 0 spiro atoms. The van der Waals surface area contributed by atoms with Gasteiger partial charge in [-0.2, -0.15) is 0 Å². The summed E-state index contributed by atoms with van der Waals surface area (Å²) in [7, 11) is 1.55. The van der Waals surface area contributed by atoms with Crippen LogP contribution in [0.4, 0.5) is 10.5 Å². The van der Waals surface area contributed by atoms with Gasteiger partial charge in [0, 0.05) is 12.7 Å². The predicted octanol–water partition coefficient (Wildman–Crippen LogP) is 1.22. The van der Waals surface area contributed by atoms with Gasteiger partial charge in [-0.25, -0.2) is 9.59 Å². The van der Waals surface area contributed by atoms with Gasteiger partial charge in [0.15, 0.2) is 5.58 Å². The fourth-order valence-corrected chi connectivity index (χ4v) is 1.33. The van der Waals surface area contributed by atoms with E-state index in [1.807, 2.05) is 0 Å². The number of hydrogen-bond donors (Lipinski definition) is 2. The monoisotopic (exact) mass is 208 g/mol. The van der Waals surface area contributed by atoms with E-state index in [4.69, 9.17) is 9.52 Å². The van der Waals surface area contributed by atoms with Gasteiger partial charge >= 0.3 is 11.8 Å². The second kappa shape index (κ2) is 3.16. The number of benzene rings is 1. The van der Waals surface area contributed by atoms with Crippen LogP contribution in [0.1, 0.15) is 0 Å². The average molecular weight is 208 g/mol. The Balaban J connectivity index is 2.59. The van der Waals surface area contributed by atoms with Crippen molar-refractivity contribution in [2.24, 2.45) is 7.05 Å². The van der Waals surface area contributed by atoms with Crippen molar-refractivity contribution in [3.63, 3.8) is 0 Å². The molecule has 2 aromatic rings. The van der Waals surface area contributed by atoms with E-state index < -0.39 is 11.8 Å². The summed E-state index contributed by atoms with van der Waals surface area (Å²) < 4.78 is 6.20. The smallest absolute Gasteiger partial charge is 0.419 e. The number of fused-ring (bicyclic) bond motifs is 1. The van der Waals surface area contributed by atoms with Gasteiger partial charge in [0.1, 0.15) is 0 Å². The number of carboxylic acid groups (broad SMARTS) is 1. The Kier molecular flexibility index (Phi) is 1.96. The van der Waals surface area contributed by atoms with Gasteiger partial charge in [-0.15, -0.1) is 0 Å². The van der Waals surface area contributed by atoms with Crippen LogP contribution in [0.25, 0.3) is 11.1 Å². The van der Waals surface area contributed by atoms with E-state index in [0.29, 0.717) is 16.8 Å². The molecule has 78 valence electrons. The topological polar surface area (TPSA) is 84.5 Å². The molecule has 0 aliphatic rings. The highest BCUT2D eigenvalue weighted by molar-refractivity contribution is 5.87. The molecule has 1 aromatic carbocycles. The molecule has 2 N–H and O–H groups in total. The molecule has 6 heteroatoms. The average Bonchev–Trinajstić information content (AvgIpc) is 2.43. The highest BCUT2D eigenvalue weighted by Gasteiger charge is 2.07. The number of hydrogen-bond acceptors (Lipinski definition) is 3. The fraction of sp³-hybridized carbons (Fsp3) is 0.111. The minimum absolute atomic E-state index is 0.395. The lowest BCUT2D eigenvalue weighted by molar-refractivity contribution is 0.210. The molecule has 1 aromatic heterocycles. The minimum Gasteiger partial charge on any atom is -0.465 e. The maximum absolute atomic E-state index is 11.1. The van der Waals surface area contributed by atoms with Crippen LogP contribution in [0.2, 0.25) is 0 Å². The SMILES string of the molecule is Cn1c(=O)oc2ccc(NC(=O)O)cc21. The second-order valence-electron chi connectivity index (χ2n) is 3.04. The van der Waals surface area contributed by atoms with Gasteiger partial charge in [0.05, 0.1) is 5.52 Å². The summed E-state index contributed by atoms with van der Waals surface area (Å²) in [6, 6.07) is 4.61. The number of amides is 1. The van der Waals surface area contributed by atoms with Crippen LogP contribution in [-0.4, -0.2) is 15.8 Å². The van der Waals surface area contributed by atoms with Crippen molar-refractivity contribution >= 4 is 22.9 Å². The van der Waals surface area contributed by atoms with Crippen LogP contribution >= 0.6 is 0 Å². The van der Waals surface area contributed by atoms with E-state index >= 15 is 0 Å². The molecule has 0 bridgehead atoms. The third kappa shape index (κ3) is 1.56. The highest BCUT2D eigenvalue weighted by atomic mass is 16.4. The molecule has 2 rings (SSSR count). The molecule has 6 nitrogen and oxygen atoms in total. The molecule has 0 unspecified atom stereocenters. The van der Waals surface area contributed by atoms with Crippen LogP contribution in [0, 0.1) is 0 Å². The molecule has 0 radical (unpaired) electrons. The van der Waals surface area contributed by atoms with Crippen LogP contribution in [-0.2, 0) is 7.05 Å². The molecule has 0 aliphatic carbocycles. The maximum atomic E-state index is 11.1. The first-order valence-electron chi connectivity index (χ1n) is 4.17. The number of aromatic nitrogens is 1. The Labute approximate surface area is 83.7 Å². The summed E-state index contributed by atoms with van der Waals surface area (Å²) >= 11 is 0. The molecule has 0 aliphatic heterocycles. The largest absolute Gasteiger partial charge is 0.465 e. The quantitative estimate of drug-likeness (QED) is 0.737. The first-order chi connectivity index (χ1) is 7.08. The second-order valence-corrected chi connectivity index (χ2v) is 3.04. The Morgan fingerprint density at radius 1 is 1.53 bits per heavy atom. The minimum atomic E-state index is -1.15. The molecular formula is C9H8N2O4. The number of rotatable bonds is 1. The number of carbonyl (C=O) groups is 1. The molecule has 15 heavy (non-hydrogen) atoms. The van der Waals surface area contributed by atoms with Crippen molar-refractivity contribution in [3.8, 4) is 0 Å². The molecule has 0 saturated carbocycles. The molecule has 0 saturated heterocycles. The lowest BCUT2D eigenvalue weighted by Gasteiger charge is -1.99. The Bertz CT molecular complexity index is 581. The molecule has 0 atom stereocenters. The predicted molar refractivity (Wildman–Crippen MR) is 53.1 cm³/mol. The fourth-order valence-electron chi connectivity index (χ4n) is 1.33. The van der Waals surface area contributed by atoms with Gasteiger partial charge in [0.2, 0.25) is 0 Å². The Hall–Kier alpha value is -2.24. The summed E-state index contributed by atoms with van der Waals surface area (Å²) in [6.45, 7) is 0. The van der Waals surface area contributed by atoms with Crippen LogP contribution in [0.3, 0.4) is 0 Å². The summed E-state index contributed by atoms with van der Waals surface area (Å²) in [4.78, 5) is 21.5. The molecule has 1 heterocycles. The molecule has 1 amide bonds. The van der Waals surface area contributed by atoms with Crippen molar-refractivity contribution in [2.75, 3.05) is 5.32 Å². The maximum Gasteiger partial charge on any atom is 0.419 e. The highest BCUT2D eigenvalue weighted by Crippen LogP contribution is 2.17. The molecule has 0 fully saturated rings. The van der Waals surface area contributed by atoms with Crippen LogP contribution in [0.15, 0.2) is 27.4 Å². The van der Waals surface area contributed by atoms with Crippen molar-refractivity contribution in [1.29, 1.82) is 0 Å². The van der Waals surface area contributed by atoms with E-state index in [9.17, 15) is 9.59 Å². The zero-order valence-electron chi connectivity index (χ0n) is 7.85. The number of oxazole rings is 1. The molecular weight excluding hydrogens is 200 g/mol. The lowest BCUT2D eigenvalue weighted by atomic mass is 10.3. The summed E-state index contributed by atoms with van der Waals surface area (Å²) in [6.07, 6.45) is -1.15. The van der Waals surface area contributed by atoms with E-state index in [0.717, 1.165) is 0 Å². The third-order valence-corrected chi connectivity index (χ3v) is 2.04. The van der Waals surface area contributed by atoms with Crippen molar-refractivity contribution in [3.05, 3.63) is 28.7 Å². The van der Waals surface area contributed by atoms with Crippen molar-refractivity contribution in [2.45, 2.75) is 0 Å². The van der Waals surface area contributed by atoms with E-state index in [1.165, 1.54) is 16.7 Å². The lowest BCUT2D eigenvalue weighted by Crippen LogP contribution is -2.09. The van der Waals surface area contributed by atoms with Gasteiger partial charge in [-0.1, -0.05) is 0 Å². The standard InChI is InChI=1S/C9H8N2O4/c1-11-6-4-5(10-8(12)13)2-3-7(6)15-9(11)14/h2-4,10H,1H3,(H,12,13). The summed E-state index contributed by atoms with van der Waals surface area (Å²) in [5.41, 5.74) is 1.37. The Morgan fingerprint density at radius 2 is 2.27 bits per heavy atom. The van der Waals surface area contributed by atoms with Crippen molar-refractivity contribution in [1.82, 2.24) is 4.57 Å². The number of nitrogens with zero attached hydrogens (tertiary/aromatic N) is 1. The van der Waals surface area contributed by atoms with Gasteiger partial charge in [0.25, 0.3) is 0 Å². The Morgan fingerprint density at radius 3 is 2.93 bits per heavy atom. The number of nitrogens with one attached hydrogen (secondary N) is 1. The zero-order chi connectivity index (χ0) is 11.0. The van der Waals surface area contributed by atoms with E-state index in [1.54, 1.807) is 13.1 Å². The summed E-state index contributed by atoms with van der Waals surface area (Å²) in [5.74, 6) is -0.475. The first-order valence-corrected chi connectivity index (χ1v) is 4.17. The van der Waals surface area contributed by atoms with Gasteiger partial charge in [-0.3, -0.25) is 9.88 Å². The van der Waals surface area contributed by atoms with Gasteiger partial charge < -0.3 is 9.52 Å². The third-order valence-electron chi connectivity index (χ3n) is 2.04. The first kappa shape index (κ1) is 9.32.